The van der Waals surface area contributed by atoms with Gasteiger partial charge in [0.15, 0.2) is 0 Å². The number of aromatic nitrogens is 4. The zero-order valence-corrected chi connectivity index (χ0v) is 20.4. The first-order valence-corrected chi connectivity index (χ1v) is 11.3. The molecule has 0 spiro atoms. The van der Waals surface area contributed by atoms with Crippen LogP contribution >= 0.6 is 0 Å². The van der Waals surface area contributed by atoms with E-state index in [1.165, 1.54) is 0 Å². The highest BCUT2D eigenvalue weighted by Gasteiger charge is 2.24. The lowest BCUT2D eigenvalue weighted by Gasteiger charge is -2.24. The number of hydrogen-bond donors (Lipinski definition) is 0. The Morgan fingerprint density at radius 1 is 1.18 bits per heavy atom. The minimum atomic E-state index is 0.0742. The first-order valence-electron chi connectivity index (χ1n) is 11.3. The fourth-order valence-electron chi connectivity index (χ4n) is 4.52. The lowest BCUT2D eigenvalue weighted by molar-refractivity contribution is 0.342. The van der Waals surface area contributed by atoms with Crippen LogP contribution in [-0.4, -0.2) is 19.7 Å². The molecule has 0 aliphatic carbocycles. The highest BCUT2D eigenvalue weighted by atomic mass is 16.5. The van der Waals surface area contributed by atoms with E-state index >= 15 is 0 Å². The minimum Gasteiger partial charge on any atom is -0.361 e. The molecule has 5 nitrogen and oxygen atoms in total. The van der Waals surface area contributed by atoms with Gasteiger partial charge in [-0.05, 0) is 36.5 Å². The smallest absolute Gasteiger partial charge is 0.141 e. The molecule has 5 heteroatoms. The summed E-state index contributed by atoms with van der Waals surface area (Å²) in [4.78, 5) is 9.82. The Hall–Kier alpha value is -3.47. The molecular weight excluding hydrogens is 408 g/mol. The van der Waals surface area contributed by atoms with Crippen molar-refractivity contribution in [1.29, 1.82) is 0 Å². The topological polar surface area (TPSA) is 56.7 Å². The largest absolute Gasteiger partial charge is 0.361 e. The quantitative estimate of drug-likeness (QED) is 0.295. The molecule has 0 N–H and O–H groups in total. The minimum absolute atomic E-state index is 0.0742. The molecule has 33 heavy (non-hydrogen) atoms. The Balaban J connectivity index is 1.98. The van der Waals surface area contributed by atoms with Gasteiger partial charge in [-0.1, -0.05) is 76.4 Å². The molecular formula is C28H32N4O. The van der Waals surface area contributed by atoms with Gasteiger partial charge in [-0.25, -0.2) is 4.98 Å². The number of aryl methyl sites for hydroxylation is 2. The molecule has 4 rings (SSSR count). The van der Waals surface area contributed by atoms with Crippen molar-refractivity contribution in [3.05, 3.63) is 78.6 Å². The lowest BCUT2D eigenvalue weighted by atomic mass is 9.95. The Kier molecular flexibility index (Phi) is 5.83. The molecule has 0 saturated heterocycles. The van der Waals surface area contributed by atoms with E-state index in [1.807, 2.05) is 32.2 Å². The Bertz CT molecular complexity index is 1380. The summed E-state index contributed by atoms with van der Waals surface area (Å²) in [7, 11) is 0. The Morgan fingerprint density at radius 2 is 1.94 bits per heavy atom. The van der Waals surface area contributed by atoms with Crippen molar-refractivity contribution in [3.63, 3.8) is 0 Å². The van der Waals surface area contributed by atoms with Crippen LogP contribution in [0, 0.1) is 19.3 Å². The standard InChI is InChI=1S/C28H32N4O/c1-9-11-20(10-2)17(3)27-30-24-15-29-23-14-21(25-18(4)31-33-19(25)5)12-13-22(23)26(24)32(27)16-28(6,7)8/h9-15,17H,1-2,16H2,3-8H3/b20-11+. The van der Waals surface area contributed by atoms with E-state index in [9.17, 15) is 0 Å². The van der Waals surface area contributed by atoms with Crippen molar-refractivity contribution < 1.29 is 4.52 Å². The van der Waals surface area contributed by atoms with Crippen molar-refractivity contribution in [2.24, 2.45) is 5.41 Å². The summed E-state index contributed by atoms with van der Waals surface area (Å²) >= 11 is 0. The SMILES string of the molecule is C=C/C=C(\C=C)C(C)c1nc2cnc3cc(-c4c(C)noc4C)ccc3c2n1CC(C)(C)C. The van der Waals surface area contributed by atoms with Crippen molar-refractivity contribution in [2.75, 3.05) is 0 Å². The lowest BCUT2D eigenvalue weighted by Crippen LogP contribution is -2.19. The summed E-state index contributed by atoms with van der Waals surface area (Å²) in [5, 5.41) is 5.20. The van der Waals surface area contributed by atoms with Gasteiger partial charge >= 0.3 is 0 Å². The van der Waals surface area contributed by atoms with Crippen LogP contribution in [0.1, 0.15) is 50.9 Å². The zero-order valence-electron chi connectivity index (χ0n) is 20.4. The molecule has 170 valence electrons. The average Bonchev–Trinajstić information content (AvgIpc) is 3.29. The van der Waals surface area contributed by atoms with E-state index in [1.54, 1.807) is 6.08 Å². The fraction of sp³-hybridized carbons (Fsp3) is 0.321. The van der Waals surface area contributed by atoms with Gasteiger partial charge < -0.3 is 9.09 Å². The molecule has 0 saturated carbocycles. The third-order valence-corrected chi connectivity index (χ3v) is 5.99. The van der Waals surface area contributed by atoms with Gasteiger partial charge in [0.25, 0.3) is 0 Å². The number of imidazole rings is 1. The zero-order chi connectivity index (χ0) is 23.9. The maximum absolute atomic E-state index is 5.38. The molecule has 0 aliphatic rings. The van der Waals surface area contributed by atoms with Crippen molar-refractivity contribution in [3.8, 4) is 11.1 Å². The molecule has 0 aliphatic heterocycles. The van der Waals surface area contributed by atoms with E-state index in [4.69, 9.17) is 14.5 Å². The van der Waals surface area contributed by atoms with Crippen LogP contribution in [0.3, 0.4) is 0 Å². The van der Waals surface area contributed by atoms with E-state index in [-0.39, 0.29) is 11.3 Å². The van der Waals surface area contributed by atoms with Gasteiger partial charge in [-0.15, -0.1) is 0 Å². The molecule has 0 amide bonds. The van der Waals surface area contributed by atoms with Gasteiger partial charge in [0, 0.05) is 23.4 Å². The summed E-state index contributed by atoms with van der Waals surface area (Å²) < 4.78 is 7.74. The van der Waals surface area contributed by atoms with Crippen LogP contribution in [0.15, 0.2) is 65.9 Å². The van der Waals surface area contributed by atoms with Gasteiger partial charge in [-0.3, -0.25) is 4.98 Å². The molecule has 1 aromatic carbocycles. The molecule has 0 bridgehead atoms. The molecule has 1 unspecified atom stereocenters. The summed E-state index contributed by atoms with van der Waals surface area (Å²) in [6.07, 6.45) is 7.58. The van der Waals surface area contributed by atoms with E-state index in [0.29, 0.717) is 0 Å². The number of fused-ring (bicyclic) bond motifs is 3. The summed E-state index contributed by atoms with van der Waals surface area (Å²) in [5.74, 6) is 1.90. The summed E-state index contributed by atoms with van der Waals surface area (Å²) in [5.41, 5.74) is 7.08. The second kappa shape index (κ2) is 8.47. The first kappa shape index (κ1) is 22.7. The predicted octanol–water partition coefficient (Wildman–Crippen LogP) is 7.30. The fourth-order valence-corrected chi connectivity index (χ4v) is 4.52. The highest BCUT2D eigenvalue weighted by molar-refractivity contribution is 6.03. The number of hydrogen-bond acceptors (Lipinski definition) is 4. The number of nitrogens with zero attached hydrogens (tertiary/aromatic N) is 4. The molecule has 3 aromatic heterocycles. The maximum Gasteiger partial charge on any atom is 0.141 e. The number of benzene rings is 1. The van der Waals surface area contributed by atoms with Gasteiger partial charge in [0.05, 0.1) is 22.9 Å². The number of rotatable bonds is 6. The summed E-state index contributed by atoms with van der Waals surface area (Å²) in [6, 6.07) is 6.39. The number of allylic oxidation sites excluding steroid dienone is 4. The highest BCUT2D eigenvalue weighted by Crippen LogP contribution is 2.35. The molecule has 4 aromatic rings. The van der Waals surface area contributed by atoms with Crippen LogP contribution in [-0.2, 0) is 6.54 Å². The molecule has 0 radical (unpaired) electrons. The van der Waals surface area contributed by atoms with Crippen LogP contribution in [0.5, 0.6) is 0 Å². The van der Waals surface area contributed by atoms with E-state index < -0.39 is 0 Å². The molecule has 0 fully saturated rings. The van der Waals surface area contributed by atoms with Gasteiger partial charge in [-0.2, -0.15) is 0 Å². The van der Waals surface area contributed by atoms with Crippen LogP contribution in [0.4, 0.5) is 0 Å². The second-order valence-electron chi connectivity index (χ2n) is 9.87. The Morgan fingerprint density at radius 3 is 2.55 bits per heavy atom. The monoisotopic (exact) mass is 440 g/mol. The van der Waals surface area contributed by atoms with Gasteiger partial charge in [0.1, 0.15) is 17.1 Å². The number of pyridine rings is 1. The normalized spacial score (nSPS) is 13.6. The van der Waals surface area contributed by atoms with E-state index in [2.05, 4.69) is 68.8 Å². The van der Waals surface area contributed by atoms with Crippen molar-refractivity contribution in [2.45, 2.75) is 54.0 Å². The van der Waals surface area contributed by atoms with Crippen molar-refractivity contribution >= 4 is 21.9 Å². The van der Waals surface area contributed by atoms with Crippen LogP contribution in [0.25, 0.3) is 33.1 Å². The second-order valence-corrected chi connectivity index (χ2v) is 9.87. The maximum atomic E-state index is 5.38. The third kappa shape index (κ3) is 4.15. The predicted molar refractivity (Wildman–Crippen MR) is 136 cm³/mol. The van der Waals surface area contributed by atoms with Gasteiger partial charge in [0.2, 0.25) is 0 Å². The summed E-state index contributed by atoms with van der Waals surface area (Å²) in [6.45, 7) is 21.5. The van der Waals surface area contributed by atoms with Crippen LogP contribution < -0.4 is 0 Å². The third-order valence-electron chi connectivity index (χ3n) is 5.99. The first-order chi connectivity index (χ1) is 15.6. The van der Waals surface area contributed by atoms with E-state index in [0.717, 1.165) is 62.5 Å². The average molecular weight is 441 g/mol. The van der Waals surface area contributed by atoms with Crippen molar-refractivity contribution in [1.82, 2.24) is 19.7 Å². The molecule has 3 heterocycles. The van der Waals surface area contributed by atoms with Crippen LogP contribution in [0.2, 0.25) is 0 Å². The molecule has 1 atom stereocenters. The Labute approximate surface area is 195 Å².